The van der Waals surface area contributed by atoms with Crippen LogP contribution in [-0.2, 0) is 6.42 Å². The predicted octanol–water partition coefficient (Wildman–Crippen LogP) is 2.27. The molecule has 2 aromatic rings. The number of likely N-dealkylation sites (N-methyl/N-ethyl adjacent to an activating group) is 1. The molecule has 0 bridgehead atoms. The highest BCUT2D eigenvalue weighted by Gasteiger charge is 2.14. The Hall–Kier alpha value is -2.08. The molecule has 1 aromatic heterocycles. The van der Waals surface area contributed by atoms with Gasteiger partial charge in [0.05, 0.1) is 7.11 Å². The minimum absolute atomic E-state index is 0.250. The van der Waals surface area contributed by atoms with E-state index < -0.39 is 11.6 Å². The fourth-order valence-corrected chi connectivity index (χ4v) is 1.97. The Bertz CT molecular complexity index is 572. The summed E-state index contributed by atoms with van der Waals surface area (Å²) in [7, 11) is 3.25. The second kappa shape index (κ2) is 6.38. The van der Waals surface area contributed by atoms with Gasteiger partial charge in [-0.25, -0.2) is 18.7 Å². The minimum atomic E-state index is -0.597. The summed E-state index contributed by atoms with van der Waals surface area (Å²) in [6.45, 7) is 0. The van der Waals surface area contributed by atoms with E-state index in [1.54, 1.807) is 13.1 Å². The van der Waals surface area contributed by atoms with Crippen molar-refractivity contribution in [3.8, 4) is 5.88 Å². The van der Waals surface area contributed by atoms with Gasteiger partial charge in [0, 0.05) is 30.3 Å². The molecule has 6 heteroatoms. The predicted molar refractivity (Wildman–Crippen MR) is 70.4 cm³/mol. The van der Waals surface area contributed by atoms with Gasteiger partial charge in [-0.05, 0) is 24.7 Å². The van der Waals surface area contributed by atoms with Gasteiger partial charge in [0.2, 0.25) is 5.88 Å². The van der Waals surface area contributed by atoms with Gasteiger partial charge in [-0.1, -0.05) is 0 Å². The number of aromatic nitrogens is 2. The smallest absolute Gasteiger partial charge is 0.216 e. The van der Waals surface area contributed by atoms with Gasteiger partial charge in [-0.3, -0.25) is 0 Å². The van der Waals surface area contributed by atoms with Crippen LogP contribution in [0.3, 0.4) is 0 Å². The quantitative estimate of drug-likeness (QED) is 0.912. The van der Waals surface area contributed by atoms with Crippen molar-refractivity contribution in [1.29, 1.82) is 0 Å². The average Bonchev–Trinajstić information content (AvgIpc) is 2.44. The Kier molecular flexibility index (Phi) is 4.57. The van der Waals surface area contributed by atoms with Crippen molar-refractivity contribution in [2.75, 3.05) is 14.2 Å². The number of hydrogen-bond donors (Lipinski definition) is 1. The molecule has 0 saturated carbocycles. The summed E-state index contributed by atoms with van der Waals surface area (Å²) in [5, 5.41) is 3.02. The van der Waals surface area contributed by atoms with Gasteiger partial charge in [0.15, 0.2) is 0 Å². The van der Waals surface area contributed by atoms with Crippen LogP contribution in [0.15, 0.2) is 30.6 Å². The number of nitrogens with zero attached hydrogens (tertiary/aromatic N) is 2. The molecule has 0 saturated heterocycles. The van der Waals surface area contributed by atoms with Crippen LogP contribution in [0.1, 0.15) is 17.3 Å². The first kappa shape index (κ1) is 14.3. The molecule has 0 spiro atoms. The van der Waals surface area contributed by atoms with Gasteiger partial charge in [-0.2, -0.15) is 0 Å². The first-order valence-electron chi connectivity index (χ1n) is 6.10. The molecule has 0 aliphatic heterocycles. The summed E-state index contributed by atoms with van der Waals surface area (Å²) in [6, 6.07) is 4.91. The number of methoxy groups -OCH3 is 1. The van der Waals surface area contributed by atoms with Gasteiger partial charge in [0.1, 0.15) is 18.0 Å². The summed E-state index contributed by atoms with van der Waals surface area (Å²) < 4.78 is 31.6. The zero-order valence-electron chi connectivity index (χ0n) is 11.2. The highest BCUT2D eigenvalue weighted by atomic mass is 19.1. The molecular weight excluding hydrogens is 264 g/mol. The van der Waals surface area contributed by atoms with Crippen LogP contribution in [0.2, 0.25) is 0 Å². The lowest BCUT2D eigenvalue weighted by Gasteiger charge is -2.16. The molecule has 1 unspecified atom stereocenters. The highest BCUT2D eigenvalue weighted by Crippen LogP contribution is 2.20. The van der Waals surface area contributed by atoms with Crippen molar-refractivity contribution in [1.82, 2.24) is 15.3 Å². The summed E-state index contributed by atoms with van der Waals surface area (Å²) >= 11 is 0. The van der Waals surface area contributed by atoms with E-state index in [2.05, 4.69) is 15.3 Å². The van der Waals surface area contributed by atoms with Crippen LogP contribution in [0.4, 0.5) is 8.78 Å². The molecule has 4 nitrogen and oxygen atoms in total. The number of hydrogen-bond acceptors (Lipinski definition) is 4. The van der Waals surface area contributed by atoms with Crippen molar-refractivity contribution in [3.63, 3.8) is 0 Å². The van der Waals surface area contributed by atoms with E-state index in [-0.39, 0.29) is 6.04 Å². The zero-order chi connectivity index (χ0) is 14.5. The van der Waals surface area contributed by atoms with Crippen LogP contribution in [0, 0.1) is 11.6 Å². The van der Waals surface area contributed by atoms with Crippen LogP contribution in [-0.4, -0.2) is 24.1 Å². The summed E-state index contributed by atoms with van der Waals surface area (Å²) in [5.74, 6) is -0.740. The Balaban J connectivity index is 2.23. The molecule has 1 N–H and O–H groups in total. The lowest BCUT2D eigenvalue weighted by molar-refractivity contribution is 0.395. The topological polar surface area (TPSA) is 47.0 Å². The van der Waals surface area contributed by atoms with E-state index in [1.807, 2.05) is 0 Å². The first-order valence-corrected chi connectivity index (χ1v) is 6.10. The van der Waals surface area contributed by atoms with E-state index in [9.17, 15) is 8.78 Å². The lowest BCUT2D eigenvalue weighted by Crippen LogP contribution is -2.19. The van der Waals surface area contributed by atoms with E-state index >= 15 is 0 Å². The maximum atomic E-state index is 13.3. The number of benzene rings is 1. The SMILES string of the molecule is CNC(Cc1cc(OC)ncn1)c1cc(F)cc(F)c1. The summed E-state index contributed by atoms with van der Waals surface area (Å²) in [5.41, 5.74) is 1.25. The van der Waals surface area contributed by atoms with E-state index in [4.69, 9.17) is 4.74 Å². The van der Waals surface area contributed by atoms with Crippen molar-refractivity contribution in [3.05, 3.63) is 53.5 Å². The maximum Gasteiger partial charge on any atom is 0.216 e. The molecule has 1 atom stereocenters. The second-order valence-electron chi connectivity index (χ2n) is 4.30. The monoisotopic (exact) mass is 279 g/mol. The van der Waals surface area contributed by atoms with Crippen molar-refractivity contribution < 1.29 is 13.5 Å². The second-order valence-corrected chi connectivity index (χ2v) is 4.30. The van der Waals surface area contributed by atoms with Gasteiger partial charge >= 0.3 is 0 Å². The fourth-order valence-electron chi connectivity index (χ4n) is 1.97. The molecule has 106 valence electrons. The highest BCUT2D eigenvalue weighted by molar-refractivity contribution is 5.24. The van der Waals surface area contributed by atoms with Crippen LogP contribution in [0.5, 0.6) is 5.88 Å². The zero-order valence-corrected chi connectivity index (χ0v) is 11.2. The maximum absolute atomic E-state index is 13.3. The Morgan fingerprint density at radius 3 is 2.45 bits per heavy atom. The largest absolute Gasteiger partial charge is 0.481 e. The Labute approximate surface area is 115 Å². The molecule has 20 heavy (non-hydrogen) atoms. The lowest BCUT2D eigenvalue weighted by atomic mass is 10.0. The van der Waals surface area contributed by atoms with E-state index in [0.717, 1.165) is 11.8 Å². The normalized spacial score (nSPS) is 12.2. The van der Waals surface area contributed by atoms with E-state index in [1.165, 1.54) is 25.6 Å². The van der Waals surface area contributed by atoms with Crippen molar-refractivity contribution in [2.24, 2.45) is 0 Å². The third kappa shape index (κ3) is 3.48. The molecule has 0 aliphatic carbocycles. The third-order valence-corrected chi connectivity index (χ3v) is 2.96. The van der Waals surface area contributed by atoms with Crippen LogP contribution in [0.25, 0.3) is 0 Å². The van der Waals surface area contributed by atoms with E-state index in [0.29, 0.717) is 17.9 Å². The van der Waals surface area contributed by atoms with Crippen LogP contribution < -0.4 is 10.1 Å². The van der Waals surface area contributed by atoms with Crippen molar-refractivity contribution >= 4 is 0 Å². The first-order chi connectivity index (χ1) is 9.62. The summed E-state index contributed by atoms with van der Waals surface area (Å²) in [4.78, 5) is 8.05. The minimum Gasteiger partial charge on any atom is -0.481 e. The number of halogens is 2. The molecule has 0 fully saturated rings. The fraction of sp³-hybridized carbons (Fsp3) is 0.286. The van der Waals surface area contributed by atoms with Gasteiger partial charge < -0.3 is 10.1 Å². The number of ether oxygens (including phenoxy) is 1. The van der Waals surface area contributed by atoms with Gasteiger partial charge in [-0.15, -0.1) is 0 Å². The number of nitrogens with one attached hydrogen (secondary N) is 1. The van der Waals surface area contributed by atoms with Gasteiger partial charge in [0.25, 0.3) is 0 Å². The molecular formula is C14H15F2N3O. The summed E-state index contributed by atoms with van der Waals surface area (Å²) in [6.07, 6.45) is 1.87. The molecule has 2 rings (SSSR count). The Morgan fingerprint density at radius 1 is 1.15 bits per heavy atom. The third-order valence-electron chi connectivity index (χ3n) is 2.96. The molecule has 1 aromatic carbocycles. The molecule has 1 heterocycles. The molecule has 0 radical (unpaired) electrons. The Morgan fingerprint density at radius 2 is 1.85 bits per heavy atom. The number of rotatable bonds is 5. The molecule has 0 aliphatic rings. The standard InChI is InChI=1S/C14H15F2N3O/c1-17-13(9-3-10(15)5-11(16)4-9)6-12-7-14(20-2)19-8-18-12/h3-5,7-8,13,17H,6H2,1-2H3. The van der Waals surface area contributed by atoms with Crippen LogP contribution >= 0.6 is 0 Å². The average molecular weight is 279 g/mol. The van der Waals surface area contributed by atoms with Crippen molar-refractivity contribution in [2.45, 2.75) is 12.5 Å². The molecule has 0 amide bonds.